The van der Waals surface area contributed by atoms with Gasteiger partial charge in [0, 0.05) is 5.56 Å². The summed E-state index contributed by atoms with van der Waals surface area (Å²) >= 11 is 0. The highest BCUT2D eigenvalue weighted by Crippen LogP contribution is 2.23. The fourth-order valence-electron chi connectivity index (χ4n) is 1.34. The number of rotatable bonds is 4. The molecule has 96 valence electrons. The molecule has 0 heterocycles. The van der Waals surface area contributed by atoms with Crippen molar-refractivity contribution < 1.29 is 28.3 Å². The molecule has 0 aliphatic rings. The monoisotopic (exact) mass is 250 g/mol. The molecule has 3 N–H and O–H groups in total. The second-order valence-electron chi connectivity index (χ2n) is 4.00. The van der Waals surface area contributed by atoms with Crippen LogP contribution in [0.5, 0.6) is 5.75 Å². The summed E-state index contributed by atoms with van der Waals surface area (Å²) in [4.78, 5) is 0. The summed E-state index contributed by atoms with van der Waals surface area (Å²) in [5.74, 6) is -0.294. The zero-order chi connectivity index (χ0) is 13.1. The van der Waals surface area contributed by atoms with E-state index < -0.39 is 12.6 Å². The van der Waals surface area contributed by atoms with Gasteiger partial charge in [0.1, 0.15) is 5.75 Å². The highest BCUT2D eigenvalue weighted by molar-refractivity contribution is 5.27. The number of halogens is 3. The van der Waals surface area contributed by atoms with E-state index in [1.165, 1.54) is 24.3 Å². The highest BCUT2D eigenvalue weighted by Gasteiger charge is 2.31. The first-order chi connectivity index (χ1) is 7.78. The lowest BCUT2D eigenvalue weighted by Crippen LogP contribution is -2.89. The Morgan fingerprint density at radius 3 is 2.12 bits per heavy atom. The first-order valence-electron chi connectivity index (χ1n) is 5.16. The molecule has 1 unspecified atom stereocenters. The van der Waals surface area contributed by atoms with Crippen LogP contribution >= 0.6 is 0 Å². The van der Waals surface area contributed by atoms with Crippen LogP contribution < -0.4 is 10.1 Å². The summed E-state index contributed by atoms with van der Waals surface area (Å²) in [6.07, 6.45) is -5.47. The molecule has 1 aromatic carbocycles. The molecule has 0 fully saturated rings. The van der Waals surface area contributed by atoms with Crippen molar-refractivity contribution in [1.82, 2.24) is 0 Å². The van der Waals surface area contributed by atoms with E-state index in [-0.39, 0.29) is 11.8 Å². The molecule has 0 aliphatic heterocycles. The fraction of sp³-hybridized carbons (Fsp3) is 0.455. The predicted molar refractivity (Wildman–Crippen MR) is 55.1 cm³/mol. The molecule has 6 heteroatoms. The third-order valence-corrected chi connectivity index (χ3v) is 2.02. The van der Waals surface area contributed by atoms with Crippen LogP contribution in [0.4, 0.5) is 13.2 Å². The first-order valence-corrected chi connectivity index (χ1v) is 5.16. The van der Waals surface area contributed by atoms with Gasteiger partial charge in [0.05, 0.1) is 6.04 Å². The summed E-state index contributed by atoms with van der Waals surface area (Å²) in [5, 5.41) is 11.4. The molecule has 0 aromatic heterocycles. The van der Waals surface area contributed by atoms with E-state index in [1.807, 2.05) is 13.8 Å². The van der Waals surface area contributed by atoms with Gasteiger partial charge in [0.15, 0.2) is 0 Å². The highest BCUT2D eigenvalue weighted by atomic mass is 19.4. The van der Waals surface area contributed by atoms with E-state index in [0.29, 0.717) is 5.56 Å². The van der Waals surface area contributed by atoms with Crippen molar-refractivity contribution in [2.45, 2.75) is 32.5 Å². The van der Waals surface area contributed by atoms with E-state index in [9.17, 15) is 18.3 Å². The largest absolute Gasteiger partial charge is 0.573 e. The molecule has 0 aliphatic carbocycles. The molecule has 17 heavy (non-hydrogen) atoms. The Morgan fingerprint density at radius 1 is 1.18 bits per heavy atom. The van der Waals surface area contributed by atoms with Crippen LogP contribution in [0, 0.1) is 0 Å². The quantitative estimate of drug-likeness (QED) is 0.796. The Morgan fingerprint density at radius 2 is 1.71 bits per heavy atom. The smallest absolute Gasteiger partial charge is 0.406 e. The molecule has 3 nitrogen and oxygen atoms in total. The Balaban J connectivity index is 2.67. The van der Waals surface area contributed by atoms with Gasteiger partial charge in [0.25, 0.3) is 0 Å². The maximum Gasteiger partial charge on any atom is 0.573 e. The summed E-state index contributed by atoms with van der Waals surface area (Å²) in [6, 6.07) is 5.37. The van der Waals surface area contributed by atoms with Crippen LogP contribution in [0.15, 0.2) is 24.3 Å². The van der Waals surface area contributed by atoms with Gasteiger partial charge in [-0.3, -0.25) is 0 Å². The van der Waals surface area contributed by atoms with Crippen LogP contribution in [0.1, 0.15) is 25.6 Å². The van der Waals surface area contributed by atoms with E-state index in [2.05, 4.69) is 4.74 Å². The maximum absolute atomic E-state index is 11.9. The van der Waals surface area contributed by atoms with Crippen molar-refractivity contribution in [3.05, 3.63) is 29.8 Å². The lowest BCUT2D eigenvalue weighted by Gasteiger charge is -2.13. The van der Waals surface area contributed by atoms with Crippen LogP contribution in [0.25, 0.3) is 0 Å². The molecule has 0 amide bonds. The zero-order valence-corrected chi connectivity index (χ0v) is 9.53. The summed E-state index contributed by atoms with van der Waals surface area (Å²) in [6.45, 7) is 3.81. The molecule has 0 saturated heterocycles. The number of ether oxygens (including phenoxy) is 1. The predicted octanol–water partition coefficient (Wildman–Crippen LogP) is 1.55. The number of aliphatic hydroxyl groups excluding tert-OH is 1. The molecule has 1 atom stereocenters. The van der Waals surface area contributed by atoms with E-state index in [4.69, 9.17) is 0 Å². The van der Waals surface area contributed by atoms with E-state index in [1.54, 1.807) is 5.32 Å². The van der Waals surface area contributed by atoms with Crippen molar-refractivity contribution in [3.63, 3.8) is 0 Å². The standard InChI is InChI=1S/C11H14F3NO2/c1-7(2)15-10(16)8-3-5-9(6-4-8)17-11(12,13)14/h3-7,10,15-16H,1-2H3/p+1. The summed E-state index contributed by atoms with van der Waals surface area (Å²) < 4.78 is 39.4. The molecule has 1 aromatic rings. The minimum atomic E-state index is -4.69. The van der Waals surface area contributed by atoms with Crippen LogP contribution in [-0.4, -0.2) is 17.5 Å². The molecule has 0 radical (unpaired) electrons. The summed E-state index contributed by atoms with van der Waals surface area (Å²) in [5.41, 5.74) is 0.535. The lowest BCUT2D eigenvalue weighted by molar-refractivity contribution is -0.755. The average molecular weight is 250 g/mol. The Labute approximate surface area is 97.2 Å². The second kappa shape index (κ2) is 5.37. The SMILES string of the molecule is CC(C)[NH2+]C(O)c1ccc(OC(F)(F)F)cc1. The van der Waals surface area contributed by atoms with Crippen molar-refractivity contribution in [2.75, 3.05) is 0 Å². The molecular formula is C11H15F3NO2+. The molecule has 0 spiro atoms. The number of hydrogen-bond acceptors (Lipinski definition) is 2. The molecule has 1 rings (SSSR count). The Bertz CT molecular complexity index is 349. The van der Waals surface area contributed by atoms with Gasteiger partial charge in [-0.1, -0.05) is 0 Å². The molecule has 0 bridgehead atoms. The minimum Gasteiger partial charge on any atom is -0.406 e. The zero-order valence-electron chi connectivity index (χ0n) is 9.53. The van der Waals surface area contributed by atoms with Gasteiger partial charge in [0.2, 0.25) is 6.23 Å². The van der Waals surface area contributed by atoms with Crippen LogP contribution in [0.3, 0.4) is 0 Å². The van der Waals surface area contributed by atoms with Gasteiger partial charge in [-0.05, 0) is 38.1 Å². The number of quaternary nitrogens is 1. The van der Waals surface area contributed by atoms with E-state index >= 15 is 0 Å². The van der Waals surface area contributed by atoms with Gasteiger partial charge in [-0.25, -0.2) is 0 Å². The average Bonchev–Trinajstić information content (AvgIpc) is 2.15. The normalized spacial score (nSPS) is 13.8. The molecular weight excluding hydrogens is 235 g/mol. The van der Waals surface area contributed by atoms with Crippen LogP contribution in [0.2, 0.25) is 0 Å². The van der Waals surface area contributed by atoms with Gasteiger partial charge in [-0.2, -0.15) is 0 Å². The van der Waals surface area contributed by atoms with Crippen LogP contribution in [-0.2, 0) is 0 Å². The number of aliphatic hydroxyl groups is 1. The molecule has 0 saturated carbocycles. The number of nitrogens with two attached hydrogens (primary N) is 1. The van der Waals surface area contributed by atoms with Crippen molar-refractivity contribution in [2.24, 2.45) is 0 Å². The maximum atomic E-state index is 11.9. The second-order valence-corrected chi connectivity index (χ2v) is 4.00. The van der Waals surface area contributed by atoms with Crippen molar-refractivity contribution in [3.8, 4) is 5.75 Å². The van der Waals surface area contributed by atoms with Crippen molar-refractivity contribution >= 4 is 0 Å². The number of benzene rings is 1. The topological polar surface area (TPSA) is 46.1 Å². The third-order valence-electron chi connectivity index (χ3n) is 2.02. The summed E-state index contributed by atoms with van der Waals surface area (Å²) in [7, 11) is 0. The fourth-order valence-corrected chi connectivity index (χ4v) is 1.34. The Hall–Kier alpha value is -1.27. The van der Waals surface area contributed by atoms with Gasteiger partial charge in [-0.15, -0.1) is 13.2 Å². The first kappa shape index (κ1) is 13.8. The van der Waals surface area contributed by atoms with E-state index in [0.717, 1.165) is 0 Å². The Kier molecular flexibility index (Phi) is 4.36. The van der Waals surface area contributed by atoms with Gasteiger partial charge >= 0.3 is 6.36 Å². The number of hydrogen-bond donors (Lipinski definition) is 2. The number of alkyl halides is 3. The van der Waals surface area contributed by atoms with Gasteiger partial charge < -0.3 is 15.2 Å². The minimum absolute atomic E-state index is 0.191. The van der Waals surface area contributed by atoms with Crippen molar-refractivity contribution in [1.29, 1.82) is 0 Å². The lowest BCUT2D eigenvalue weighted by atomic mass is 10.2. The third kappa shape index (κ3) is 5.06.